The maximum absolute atomic E-state index is 10.4. The van der Waals surface area contributed by atoms with Crippen LogP contribution in [0.3, 0.4) is 0 Å². The highest BCUT2D eigenvalue weighted by molar-refractivity contribution is 5.66. The Hall–Kier alpha value is -2.31. The van der Waals surface area contributed by atoms with E-state index in [-0.39, 0.29) is 6.42 Å². The normalized spacial score (nSPS) is 10.5. The molecule has 2 aromatic rings. The number of unbranched alkanes of at least 4 members (excludes halogenated alkanes) is 1. The summed E-state index contributed by atoms with van der Waals surface area (Å²) in [6.45, 7) is 0.627. The molecule has 0 aliphatic carbocycles. The van der Waals surface area contributed by atoms with Crippen LogP contribution in [0.2, 0.25) is 0 Å². The standard InChI is InChI=1S/C12H15N5O2/c18-12(19)6-2-4-8-17-11(14-15-16-17)9-10-5-1-3-7-13-10/h1,3,5,7H,2,4,6,8-9H2,(H,18,19). The number of rotatable bonds is 7. The highest BCUT2D eigenvalue weighted by atomic mass is 16.4. The summed E-state index contributed by atoms with van der Waals surface area (Å²) < 4.78 is 1.70. The van der Waals surface area contributed by atoms with Crippen molar-refractivity contribution in [2.45, 2.75) is 32.2 Å². The van der Waals surface area contributed by atoms with E-state index in [9.17, 15) is 4.79 Å². The Kier molecular flexibility index (Phi) is 4.54. The van der Waals surface area contributed by atoms with Crippen LogP contribution in [-0.4, -0.2) is 36.3 Å². The van der Waals surface area contributed by atoms with Crippen molar-refractivity contribution in [2.24, 2.45) is 0 Å². The lowest BCUT2D eigenvalue weighted by atomic mass is 10.2. The summed E-state index contributed by atoms with van der Waals surface area (Å²) in [5.41, 5.74) is 0.907. The summed E-state index contributed by atoms with van der Waals surface area (Å²) in [5.74, 6) is -0.0283. The molecule has 0 unspecified atom stereocenters. The van der Waals surface area contributed by atoms with Crippen LogP contribution in [0.5, 0.6) is 0 Å². The average Bonchev–Trinajstić information content (AvgIpc) is 2.83. The van der Waals surface area contributed by atoms with Gasteiger partial charge in [0.15, 0.2) is 5.82 Å². The van der Waals surface area contributed by atoms with Gasteiger partial charge in [-0.2, -0.15) is 0 Å². The quantitative estimate of drug-likeness (QED) is 0.745. The minimum absolute atomic E-state index is 0.178. The zero-order chi connectivity index (χ0) is 13.5. The lowest BCUT2D eigenvalue weighted by Gasteiger charge is -2.03. The molecule has 7 heteroatoms. The van der Waals surface area contributed by atoms with Gasteiger partial charge in [0.05, 0.1) is 6.42 Å². The van der Waals surface area contributed by atoms with E-state index in [1.165, 1.54) is 0 Å². The van der Waals surface area contributed by atoms with E-state index in [0.717, 1.165) is 17.9 Å². The summed E-state index contributed by atoms with van der Waals surface area (Å²) in [5, 5.41) is 20.1. The van der Waals surface area contributed by atoms with Gasteiger partial charge in [0, 0.05) is 24.9 Å². The fraction of sp³-hybridized carbons (Fsp3) is 0.417. The van der Waals surface area contributed by atoms with Crippen LogP contribution in [0.1, 0.15) is 30.8 Å². The third kappa shape index (κ3) is 4.13. The molecule has 0 saturated carbocycles. The van der Waals surface area contributed by atoms with Crippen LogP contribution >= 0.6 is 0 Å². The second kappa shape index (κ2) is 6.58. The van der Waals surface area contributed by atoms with Crippen molar-refractivity contribution in [3.63, 3.8) is 0 Å². The Morgan fingerprint density at radius 2 is 2.21 bits per heavy atom. The maximum Gasteiger partial charge on any atom is 0.303 e. The molecule has 0 amide bonds. The lowest BCUT2D eigenvalue weighted by molar-refractivity contribution is -0.137. The van der Waals surface area contributed by atoms with E-state index in [1.807, 2.05) is 18.2 Å². The number of tetrazole rings is 1. The van der Waals surface area contributed by atoms with Gasteiger partial charge >= 0.3 is 5.97 Å². The predicted octanol–water partition coefficient (Wildman–Crippen LogP) is 0.914. The van der Waals surface area contributed by atoms with Gasteiger partial charge < -0.3 is 5.11 Å². The van der Waals surface area contributed by atoms with Crippen LogP contribution in [0, 0.1) is 0 Å². The Morgan fingerprint density at radius 1 is 1.32 bits per heavy atom. The summed E-state index contributed by atoms with van der Waals surface area (Å²) in [6.07, 6.45) is 3.85. The smallest absolute Gasteiger partial charge is 0.303 e. The number of carboxylic acids is 1. The summed E-state index contributed by atoms with van der Waals surface area (Å²) in [4.78, 5) is 14.6. The van der Waals surface area contributed by atoms with Crippen molar-refractivity contribution < 1.29 is 9.90 Å². The molecule has 2 aromatic heterocycles. The van der Waals surface area contributed by atoms with E-state index in [0.29, 0.717) is 19.4 Å². The Bertz CT molecular complexity index is 526. The number of hydrogen-bond donors (Lipinski definition) is 1. The minimum atomic E-state index is -0.773. The molecule has 7 nitrogen and oxygen atoms in total. The number of aliphatic carboxylic acids is 1. The summed E-state index contributed by atoms with van der Waals surface area (Å²) in [7, 11) is 0. The van der Waals surface area contributed by atoms with Crippen LogP contribution in [0.4, 0.5) is 0 Å². The van der Waals surface area contributed by atoms with Gasteiger partial charge in [-0.25, -0.2) is 4.68 Å². The second-order valence-corrected chi connectivity index (χ2v) is 4.17. The molecule has 0 fully saturated rings. The molecular formula is C12H15N5O2. The Balaban J connectivity index is 1.89. The zero-order valence-electron chi connectivity index (χ0n) is 10.4. The van der Waals surface area contributed by atoms with Gasteiger partial charge in [0.2, 0.25) is 0 Å². The molecule has 19 heavy (non-hydrogen) atoms. The van der Waals surface area contributed by atoms with E-state index in [4.69, 9.17) is 5.11 Å². The summed E-state index contributed by atoms with van der Waals surface area (Å²) >= 11 is 0. The SMILES string of the molecule is O=C(O)CCCCn1nnnc1Cc1ccccn1. The number of aryl methyl sites for hydroxylation is 1. The average molecular weight is 261 g/mol. The highest BCUT2D eigenvalue weighted by Gasteiger charge is 2.07. The number of aromatic nitrogens is 5. The molecule has 0 spiro atoms. The van der Waals surface area contributed by atoms with Crippen LogP contribution < -0.4 is 0 Å². The first-order valence-corrected chi connectivity index (χ1v) is 6.12. The fourth-order valence-electron chi connectivity index (χ4n) is 1.73. The van der Waals surface area contributed by atoms with E-state index < -0.39 is 5.97 Å². The molecular weight excluding hydrogens is 246 g/mol. The zero-order valence-corrected chi connectivity index (χ0v) is 10.4. The van der Waals surface area contributed by atoms with Crippen molar-refractivity contribution >= 4 is 5.97 Å². The number of carbonyl (C=O) groups is 1. The molecule has 0 atom stereocenters. The Morgan fingerprint density at radius 3 is 2.95 bits per heavy atom. The van der Waals surface area contributed by atoms with Crippen molar-refractivity contribution in [1.29, 1.82) is 0 Å². The van der Waals surface area contributed by atoms with Crippen LogP contribution in [0.25, 0.3) is 0 Å². The highest BCUT2D eigenvalue weighted by Crippen LogP contribution is 2.05. The third-order valence-corrected chi connectivity index (χ3v) is 2.68. The lowest BCUT2D eigenvalue weighted by Crippen LogP contribution is -2.08. The first kappa shape index (κ1) is 13.1. The number of hydrogen-bond acceptors (Lipinski definition) is 5. The molecule has 0 aliphatic heterocycles. The molecule has 1 N–H and O–H groups in total. The van der Waals surface area contributed by atoms with Gasteiger partial charge in [-0.1, -0.05) is 6.07 Å². The van der Waals surface area contributed by atoms with E-state index >= 15 is 0 Å². The Labute approximate surface area is 110 Å². The van der Waals surface area contributed by atoms with Gasteiger partial charge in [-0.3, -0.25) is 9.78 Å². The van der Waals surface area contributed by atoms with Crippen molar-refractivity contribution in [2.75, 3.05) is 0 Å². The molecule has 100 valence electrons. The fourth-order valence-corrected chi connectivity index (χ4v) is 1.73. The van der Waals surface area contributed by atoms with Crippen molar-refractivity contribution in [3.8, 4) is 0 Å². The molecule has 2 rings (SSSR count). The van der Waals surface area contributed by atoms with E-state index in [2.05, 4.69) is 20.5 Å². The topological polar surface area (TPSA) is 93.8 Å². The van der Waals surface area contributed by atoms with Gasteiger partial charge in [0.25, 0.3) is 0 Å². The summed E-state index contributed by atoms with van der Waals surface area (Å²) in [6, 6.07) is 5.70. The number of pyridine rings is 1. The number of carboxylic acid groups (broad SMARTS) is 1. The number of nitrogens with zero attached hydrogens (tertiary/aromatic N) is 5. The maximum atomic E-state index is 10.4. The van der Waals surface area contributed by atoms with Gasteiger partial charge in [0.1, 0.15) is 0 Å². The first-order valence-electron chi connectivity index (χ1n) is 6.12. The minimum Gasteiger partial charge on any atom is -0.481 e. The molecule has 0 radical (unpaired) electrons. The third-order valence-electron chi connectivity index (χ3n) is 2.68. The van der Waals surface area contributed by atoms with Crippen molar-refractivity contribution in [1.82, 2.24) is 25.2 Å². The molecule has 0 saturated heterocycles. The molecule has 0 bridgehead atoms. The predicted molar refractivity (Wildman–Crippen MR) is 66.3 cm³/mol. The van der Waals surface area contributed by atoms with Crippen molar-refractivity contribution in [3.05, 3.63) is 35.9 Å². The monoisotopic (exact) mass is 261 g/mol. The first-order chi connectivity index (χ1) is 9.25. The molecule has 0 aromatic carbocycles. The van der Waals surface area contributed by atoms with Gasteiger partial charge in [-0.15, -0.1) is 5.10 Å². The van der Waals surface area contributed by atoms with Gasteiger partial charge in [-0.05, 0) is 35.4 Å². The van der Waals surface area contributed by atoms with Crippen LogP contribution in [0.15, 0.2) is 24.4 Å². The second-order valence-electron chi connectivity index (χ2n) is 4.17. The van der Waals surface area contributed by atoms with E-state index in [1.54, 1.807) is 10.9 Å². The molecule has 0 aliphatic rings. The van der Waals surface area contributed by atoms with Crippen LogP contribution in [-0.2, 0) is 17.8 Å². The molecule has 2 heterocycles. The largest absolute Gasteiger partial charge is 0.481 e.